The number of hydrogen-bond donors (Lipinski definition) is 4. The van der Waals surface area contributed by atoms with E-state index in [1.165, 1.54) is 0 Å². The van der Waals surface area contributed by atoms with Crippen LogP contribution in [-0.2, 0) is 27.2 Å². The molecule has 177 valence electrons. The second kappa shape index (κ2) is 14.9. The number of benzene rings is 2. The van der Waals surface area contributed by atoms with Crippen molar-refractivity contribution in [3.05, 3.63) is 71.8 Å². The van der Waals surface area contributed by atoms with Crippen molar-refractivity contribution < 1.29 is 14.4 Å². The van der Waals surface area contributed by atoms with Crippen molar-refractivity contribution in [2.24, 2.45) is 5.73 Å². The number of amides is 2. The minimum atomic E-state index is -0.747. The van der Waals surface area contributed by atoms with Crippen LogP contribution in [0.3, 0.4) is 0 Å². The van der Waals surface area contributed by atoms with Gasteiger partial charge in [0.15, 0.2) is 0 Å². The molecule has 2 amide bonds. The van der Waals surface area contributed by atoms with Crippen LogP contribution in [0.5, 0.6) is 0 Å². The maximum absolute atomic E-state index is 13.0. The van der Waals surface area contributed by atoms with Crippen molar-refractivity contribution in [3.63, 3.8) is 0 Å². The maximum Gasteiger partial charge on any atom is 0.243 e. The van der Waals surface area contributed by atoms with Gasteiger partial charge in [-0.1, -0.05) is 60.7 Å². The minimum absolute atomic E-state index is 0.259. The van der Waals surface area contributed by atoms with Crippen LogP contribution in [0, 0.1) is 0 Å². The van der Waals surface area contributed by atoms with Gasteiger partial charge >= 0.3 is 0 Å². The third-order valence-electron chi connectivity index (χ3n) is 5.55. The van der Waals surface area contributed by atoms with E-state index in [0.29, 0.717) is 38.6 Å². The molecule has 0 unspecified atom stereocenters. The maximum atomic E-state index is 13.0. The van der Waals surface area contributed by atoms with E-state index >= 15 is 0 Å². The zero-order valence-corrected chi connectivity index (χ0v) is 19.3. The number of unbranched alkanes of at least 4 members (excludes halogenated alkanes) is 1. The molecule has 0 heterocycles. The van der Waals surface area contributed by atoms with Crippen LogP contribution in [-0.4, -0.2) is 49.8 Å². The average Bonchev–Trinajstić information content (AvgIpc) is 2.85. The Balaban J connectivity index is 1.99. The van der Waals surface area contributed by atoms with Crippen LogP contribution in [0.4, 0.5) is 0 Å². The molecule has 7 nitrogen and oxygen atoms in total. The normalized spacial score (nSPS) is 13.5. The largest absolute Gasteiger partial charge is 0.344 e. The molecule has 0 aliphatic carbocycles. The summed E-state index contributed by atoms with van der Waals surface area (Å²) in [7, 11) is 1.72. The van der Waals surface area contributed by atoms with E-state index in [9.17, 15) is 14.4 Å². The van der Waals surface area contributed by atoms with Gasteiger partial charge in [0, 0.05) is 0 Å². The molecule has 1 radical (unpaired) electrons. The number of rotatable bonds is 15. The summed E-state index contributed by atoms with van der Waals surface area (Å²) >= 11 is 0. The van der Waals surface area contributed by atoms with Gasteiger partial charge in [-0.15, -0.1) is 0 Å². The van der Waals surface area contributed by atoms with Crippen molar-refractivity contribution >= 4 is 18.1 Å². The number of nitrogens with one attached hydrogen (secondary N) is 3. The lowest BCUT2D eigenvalue weighted by Crippen LogP contribution is -2.54. The zero-order chi connectivity index (χ0) is 23.9. The number of carbonyl (C=O) groups excluding carboxylic acids is 3. The molecule has 7 heteroatoms. The molecule has 0 aliphatic rings. The van der Waals surface area contributed by atoms with Gasteiger partial charge in [-0.05, 0) is 63.2 Å². The SMILES string of the molecule is CN[C@@H](Cc1ccccc1)C(=O)N[C@@H](CCCCN)C(=O)N[C@H]([C]=O)CCc1ccccc1. The highest BCUT2D eigenvalue weighted by Gasteiger charge is 2.26. The van der Waals surface area contributed by atoms with Crippen LogP contribution in [0.1, 0.15) is 36.8 Å². The van der Waals surface area contributed by atoms with Crippen LogP contribution < -0.4 is 21.7 Å². The Kier molecular flexibility index (Phi) is 11.9. The van der Waals surface area contributed by atoms with Crippen molar-refractivity contribution in [2.45, 2.75) is 56.7 Å². The van der Waals surface area contributed by atoms with E-state index in [-0.39, 0.29) is 11.8 Å². The fourth-order valence-corrected chi connectivity index (χ4v) is 3.60. The molecule has 0 fully saturated rings. The third-order valence-corrected chi connectivity index (χ3v) is 5.55. The minimum Gasteiger partial charge on any atom is -0.344 e. The highest BCUT2D eigenvalue weighted by atomic mass is 16.2. The zero-order valence-electron chi connectivity index (χ0n) is 19.3. The van der Waals surface area contributed by atoms with Gasteiger partial charge in [-0.3, -0.25) is 14.4 Å². The molecule has 2 aromatic carbocycles. The first-order valence-corrected chi connectivity index (χ1v) is 11.5. The van der Waals surface area contributed by atoms with Gasteiger partial charge in [0.1, 0.15) is 6.04 Å². The summed E-state index contributed by atoms with van der Waals surface area (Å²) < 4.78 is 0. The van der Waals surface area contributed by atoms with Gasteiger partial charge in [0.25, 0.3) is 0 Å². The molecule has 5 N–H and O–H groups in total. The molecule has 2 aromatic rings. The van der Waals surface area contributed by atoms with Crippen LogP contribution in [0.2, 0.25) is 0 Å². The van der Waals surface area contributed by atoms with Gasteiger partial charge in [-0.2, -0.15) is 0 Å². The Hall–Kier alpha value is -3.03. The van der Waals surface area contributed by atoms with Crippen LogP contribution in [0.25, 0.3) is 0 Å². The third kappa shape index (κ3) is 9.55. The monoisotopic (exact) mass is 451 g/mol. The molecular weight excluding hydrogens is 416 g/mol. The fourth-order valence-electron chi connectivity index (χ4n) is 3.60. The molecule has 33 heavy (non-hydrogen) atoms. The summed E-state index contributed by atoms with van der Waals surface area (Å²) in [4.78, 5) is 37.4. The van der Waals surface area contributed by atoms with E-state index < -0.39 is 18.1 Å². The van der Waals surface area contributed by atoms with Crippen molar-refractivity contribution in [1.29, 1.82) is 0 Å². The summed E-state index contributed by atoms with van der Waals surface area (Å²) in [6, 6.07) is 17.5. The van der Waals surface area contributed by atoms with E-state index in [1.807, 2.05) is 66.9 Å². The van der Waals surface area contributed by atoms with E-state index in [4.69, 9.17) is 5.73 Å². The van der Waals surface area contributed by atoms with Gasteiger partial charge in [0.05, 0.1) is 12.1 Å². The Morgan fingerprint density at radius 3 is 2.03 bits per heavy atom. The summed E-state index contributed by atoms with van der Waals surface area (Å²) in [5, 5.41) is 8.64. The predicted molar refractivity (Wildman–Crippen MR) is 130 cm³/mol. The number of aryl methyl sites for hydroxylation is 1. The number of nitrogens with two attached hydrogens (primary N) is 1. The molecule has 0 aromatic heterocycles. The lowest BCUT2D eigenvalue weighted by atomic mass is 10.0. The molecular formula is C26H35N4O3. The molecule has 3 atom stereocenters. The van der Waals surface area contributed by atoms with Crippen LogP contribution in [0.15, 0.2) is 60.7 Å². The first-order chi connectivity index (χ1) is 16.1. The lowest BCUT2D eigenvalue weighted by molar-refractivity contribution is -0.130. The average molecular weight is 452 g/mol. The highest BCUT2D eigenvalue weighted by molar-refractivity contribution is 5.91. The molecule has 0 saturated carbocycles. The Morgan fingerprint density at radius 2 is 1.45 bits per heavy atom. The first kappa shape index (κ1) is 26.2. The van der Waals surface area contributed by atoms with Gasteiger partial charge in [0.2, 0.25) is 18.1 Å². The smallest absolute Gasteiger partial charge is 0.243 e. The number of hydrogen-bond acceptors (Lipinski definition) is 5. The van der Waals surface area contributed by atoms with E-state index in [0.717, 1.165) is 17.5 Å². The Bertz CT molecular complexity index is 845. The summed E-state index contributed by atoms with van der Waals surface area (Å²) in [5.41, 5.74) is 7.70. The molecule has 0 saturated heterocycles. The van der Waals surface area contributed by atoms with Crippen molar-refractivity contribution in [3.8, 4) is 0 Å². The fraction of sp³-hybridized carbons (Fsp3) is 0.423. The van der Waals surface area contributed by atoms with Crippen LogP contribution >= 0.6 is 0 Å². The predicted octanol–water partition coefficient (Wildman–Crippen LogP) is 1.66. The first-order valence-electron chi connectivity index (χ1n) is 11.5. The number of carbonyl (C=O) groups is 2. The Labute approximate surface area is 196 Å². The second-order valence-electron chi connectivity index (χ2n) is 8.08. The van der Waals surface area contributed by atoms with E-state index in [2.05, 4.69) is 16.0 Å². The molecule has 2 rings (SSSR count). The summed E-state index contributed by atoms with van der Waals surface area (Å²) in [6.07, 6.45) is 5.39. The van der Waals surface area contributed by atoms with E-state index in [1.54, 1.807) is 7.05 Å². The summed E-state index contributed by atoms with van der Waals surface area (Å²) in [6.45, 7) is 0.511. The summed E-state index contributed by atoms with van der Waals surface area (Å²) in [5.74, 6) is -0.637. The lowest BCUT2D eigenvalue weighted by Gasteiger charge is -2.23. The standard InChI is InChI=1S/C26H35N4O3/c1-28-24(18-21-12-6-3-7-13-21)26(33)30-23(14-8-9-17-27)25(32)29-22(19-31)16-15-20-10-4-2-5-11-20/h2-7,10-13,22-24,28H,8-9,14-18,27H2,1H3,(H,29,32)(H,30,33)/t22-,23-,24-/m0/s1. The Morgan fingerprint density at radius 1 is 0.848 bits per heavy atom. The van der Waals surface area contributed by atoms with Gasteiger partial charge < -0.3 is 21.7 Å². The molecule has 0 spiro atoms. The number of likely N-dealkylation sites (N-methyl/N-ethyl adjacent to an activating group) is 1. The van der Waals surface area contributed by atoms with Crippen molar-refractivity contribution in [2.75, 3.05) is 13.6 Å². The molecule has 0 aliphatic heterocycles. The van der Waals surface area contributed by atoms with Crippen molar-refractivity contribution in [1.82, 2.24) is 16.0 Å². The van der Waals surface area contributed by atoms with Gasteiger partial charge in [-0.25, -0.2) is 0 Å². The highest BCUT2D eigenvalue weighted by Crippen LogP contribution is 2.08. The second-order valence-corrected chi connectivity index (χ2v) is 8.08. The molecule has 0 bridgehead atoms. The topological polar surface area (TPSA) is 113 Å². The quantitative estimate of drug-likeness (QED) is 0.308.